The van der Waals surface area contributed by atoms with Crippen molar-refractivity contribution in [3.8, 4) is 5.75 Å². The van der Waals surface area contributed by atoms with Gasteiger partial charge in [0.15, 0.2) is 18.2 Å². The number of carbonyl (C=O) groups is 3. The molecule has 0 radical (unpaired) electrons. The van der Waals surface area contributed by atoms with Gasteiger partial charge in [-0.15, -0.1) is 0 Å². The number of rotatable bonds is 5. The highest BCUT2D eigenvalue weighted by Crippen LogP contribution is 2.54. The third-order valence-corrected chi connectivity index (χ3v) is 6.89. The molecule has 33 heavy (non-hydrogen) atoms. The van der Waals surface area contributed by atoms with Crippen LogP contribution < -0.4 is 4.74 Å². The molecule has 0 atom stereocenters. The molecule has 0 spiro atoms. The van der Waals surface area contributed by atoms with Crippen LogP contribution in [0.3, 0.4) is 0 Å². The molecule has 6 nitrogen and oxygen atoms in total. The van der Waals surface area contributed by atoms with Gasteiger partial charge in [-0.3, -0.25) is 9.59 Å². The summed E-state index contributed by atoms with van der Waals surface area (Å²) in [6.07, 6.45) is 2.44. The number of carboxylic acid groups (broad SMARTS) is 1. The van der Waals surface area contributed by atoms with Gasteiger partial charge in [-0.1, -0.05) is 39.8 Å². The van der Waals surface area contributed by atoms with E-state index in [9.17, 15) is 14.4 Å². The van der Waals surface area contributed by atoms with Gasteiger partial charge in [-0.05, 0) is 48.3 Å². The Bertz CT molecular complexity index is 1040. The van der Waals surface area contributed by atoms with Gasteiger partial charge < -0.3 is 14.7 Å². The van der Waals surface area contributed by atoms with Crippen molar-refractivity contribution < 1.29 is 24.2 Å². The Hall–Kier alpha value is -2.89. The van der Waals surface area contributed by atoms with Gasteiger partial charge >= 0.3 is 5.97 Å². The van der Waals surface area contributed by atoms with Gasteiger partial charge in [0.25, 0.3) is 0 Å². The van der Waals surface area contributed by atoms with Crippen LogP contribution in [0.15, 0.2) is 46.8 Å². The maximum absolute atomic E-state index is 13.6. The molecule has 0 bridgehead atoms. The van der Waals surface area contributed by atoms with Crippen molar-refractivity contribution in [3.05, 3.63) is 52.4 Å². The van der Waals surface area contributed by atoms with E-state index in [1.807, 2.05) is 6.07 Å². The second kappa shape index (κ2) is 8.15. The lowest BCUT2D eigenvalue weighted by atomic mass is 9.63. The lowest BCUT2D eigenvalue weighted by molar-refractivity contribution is -0.139. The first-order valence-electron chi connectivity index (χ1n) is 11.7. The molecule has 4 rings (SSSR count). The Balaban J connectivity index is 1.91. The van der Waals surface area contributed by atoms with E-state index in [0.29, 0.717) is 25.1 Å². The Kier molecular flexibility index (Phi) is 5.75. The zero-order valence-corrected chi connectivity index (χ0v) is 20.2. The third kappa shape index (κ3) is 4.35. The molecule has 0 saturated heterocycles. The fourth-order valence-electron chi connectivity index (χ4n) is 5.69. The monoisotopic (exact) mass is 451 g/mol. The normalized spacial score (nSPS) is 22.3. The summed E-state index contributed by atoms with van der Waals surface area (Å²) in [6, 6.07) is 7.20. The average Bonchev–Trinajstić information content (AvgIpc) is 2.69. The highest BCUT2D eigenvalue weighted by molar-refractivity contribution is 6.06. The summed E-state index contributed by atoms with van der Waals surface area (Å²) < 4.78 is 5.42. The lowest BCUT2D eigenvalue weighted by Gasteiger charge is -2.48. The molecule has 0 aromatic heterocycles. The topological polar surface area (TPSA) is 83.9 Å². The maximum atomic E-state index is 13.6. The van der Waals surface area contributed by atoms with Crippen molar-refractivity contribution in [1.82, 2.24) is 4.90 Å². The zero-order chi connectivity index (χ0) is 24.1. The van der Waals surface area contributed by atoms with E-state index in [1.54, 1.807) is 18.2 Å². The minimum absolute atomic E-state index is 0.0886. The van der Waals surface area contributed by atoms with Gasteiger partial charge in [-0.2, -0.15) is 0 Å². The minimum Gasteiger partial charge on any atom is -0.482 e. The summed E-state index contributed by atoms with van der Waals surface area (Å²) in [5.41, 5.74) is 4.01. The van der Waals surface area contributed by atoms with E-state index in [0.717, 1.165) is 40.9 Å². The van der Waals surface area contributed by atoms with Crippen molar-refractivity contribution in [3.63, 3.8) is 0 Å². The number of ether oxygens (including phenoxy) is 1. The number of allylic oxidation sites excluding steroid dienone is 4. The van der Waals surface area contributed by atoms with Crippen LogP contribution >= 0.6 is 0 Å². The number of carboxylic acids is 1. The van der Waals surface area contributed by atoms with E-state index in [2.05, 4.69) is 39.5 Å². The molecule has 3 aliphatic rings. The molecule has 2 aliphatic carbocycles. The summed E-state index contributed by atoms with van der Waals surface area (Å²) in [5.74, 6) is -0.903. The minimum atomic E-state index is -1.05. The van der Waals surface area contributed by atoms with Gasteiger partial charge in [0, 0.05) is 47.8 Å². The molecule has 0 fully saturated rings. The second-order valence-electron chi connectivity index (χ2n) is 11.0. The summed E-state index contributed by atoms with van der Waals surface area (Å²) in [4.78, 5) is 40.3. The smallest absolute Gasteiger partial charge is 0.341 e. The van der Waals surface area contributed by atoms with E-state index >= 15 is 0 Å². The number of aliphatic carboxylic acids is 1. The quantitative estimate of drug-likeness (QED) is 0.689. The van der Waals surface area contributed by atoms with Crippen LogP contribution in [0.5, 0.6) is 5.75 Å². The molecule has 1 aromatic carbocycles. The highest BCUT2D eigenvalue weighted by atomic mass is 16.5. The molecule has 1 heterocycles. The number of nitrogens with zero attached hydrogens (tertiary/aromatic N) is 1. The largest absolute Gasteiger partial charge is 0.482 e. The SMILES string of the molecule is CCN1C2=C(C(=O)CC(C)(C)C2)C(c2cccc(OCC(=O)O)c2)C2=C1CC(C)(C)CC2=O. The Morgan fingerprint density at radius 1 is 1.00 bits per heavy atom. The maximum Gasteiger partial charge on any atom is 0.341 e. The van der Waals surface area contributed by atoms with Crippen molar-refractivity contribution in [2.45, 2.75) is 66.2 Å². The van der Waals surface area contributed by atoms with Crippen LogP contribution in [0.25, 0.3) is 0 Å². The molecule has 176 valence electrons. The molecule has 0 unspecified atom stereocenters. The number of benzene rings is 1. The van der Waals surface area contributed by atoms with Gasteiger partial charge in [0.2, 0.25) is 0 Å². The van der Waals surface area contributed by atoms with Crippen LogP contribution in [0.4, 0.5) is 0 Å². The van der Waals surface area contributed by atoms with Crippen molar-refractivity contribution in [1.29, 1.82) is 0 Å². The molecule has 0 saturated carbocycles. The highest BCUT2D eigenvalue weighted by Gasteiger charge is 2.48. The number of Topliss-reactive ketones (excluding diaryl/α,β-unsaturated/α-hetero) is 2. The van der Waals surface area contributed by atoms with E-state index in [-0.39, 0.29) is 22.4 Å². The number of hydrogen-bond donors (Lipinski definition) is 1. The number of hydrogen-bond acceptors (Lipinski definition) is 5. The lowest BCUT2D eigenvalue weighted by Crippen LogP contribution is -2.44. The number of carbonyl (C=O) groups excluding carboxylic acids is 2. The summed E-state index contributed by atoms with van der Waals surface area (Å²) in [7, 11) is 0. The molecule has 6 heteroatoms. The van der Waals surface area contributed by atoms with Crippen LogP contribution in [-0.2, 0) is 14.4 Å². The van der Waals surface area contributed by atoms with Crippen molar-refractivity contribution >= 4 is 17.5 Å². The molecule has 1 aliphatic heterocycles. The van der Waals surface area contributed by atoms with Crippen LogP contribution in [0.2, 0.25) is 0 Å². The fourth-order valence-corrected chi connectivity index (χ4v) is 5.69. The second-order valence-corrected chi connectivity index (χ2v) is 11.0. The average molecular weight is 452 g/mol. The molecular weight excluding hydrogens is 418 g/mol. The fraction of sp³-hybridized carbons (Fsp3) is 0.519. The standard InChI is InChI=1S/C27H33NO5/c1-6-28-18-11-26(2,3)13-20(29)24(18)23(25-19(28)12-27(4,5)14-21(25)30)16-8-7-9-17(10-16)33-15-22(31)32/h7-10,23H,6,11-15H2,1-5H3,(H,31,32). The van der Waals surface area contributed by atoms with Crippen LogP contribution in [0, 0.1) is 10.8 Å². The van der Waals surface area contributed by atoms with Crippen LogP contribution in [-0.4, -0.2) is 40.7 Å². The Morgan fingerprint density at radius 3 is 2.03 bits per heavy atom. The summed E-state index contributed by atoms with van der Waals surface area (Å²) in [6.45, 7) is 10.8. The Morgan fingerprint density at radius 2 is 1.55 bits per heavy atom. The first-order chi connectivity index (χ1) is 15.4. The Labute approximate surface area is 195 Å². The van der Waals surface area contributed by atoms with Gasteiger partial charge in [0.1, 0.15) is 5.75 Å². The van der Waals surface area contributed by atoms with Crippen LogP contribution in [0.1, 0.15) is 71.8 Å². The molecular formula is C27H33NO5. The third-order valence-electron chi connectivity index (χ3n) is 6.89. The van der Waals surface area contributed by atoms with E-state index in [1.165, 1.54) is 0 Å². The predicted octanol–water partition coefficient (Wildman–Crippen LogP) is 4.86. The first kappa shape index (κ1) is 23.3. The predicted molar refractivity (Wildman–Crippen MR) is 125 cm³/mol. The summed E-state index contributed by atoms with van der Waals surface area (Å²) in [5, 5.41) is 8.99. The van der Waals surface area contributed by atoms with Crippen molar-refractivity contribution in [2.75, 3.05) is 13.2 Å². The molecule has 1 aromatic rings. The van der Waals surface area contributed by atoms with Gasteiger partial charge in [0.05, 0.1) is 0 Å². The van der Waals surface area contributed by atoms with E-state index < -0.39 is 18.5 Å². The van der Waals surface area contributed by atoms with Crippen molar-refractivity contribution in [2.24, 2.45) is 10.8 Å². The van der Waals surface area contributed by atoms with E-state index in [4.69, 9.17) is 9.84 Å². The first-order valence-corrected chi connectivity index (χ1v) is 11.7. The molecule has 1 N–H and O–H groups in total. The van der Waals surface area contributed by atoms with Gasteiger partial charge in [-0.25, -0.2) is 4.79 Å². The zero-order valence-electron chi connectivity index (χ0n) is 20.2. The molecule has 0 amide bonds. The number of ketones is 2. The summed E-state index contributed by atoms with van der Waals surface area (Å²) >= 11 is 0.